The van der Waals surface area contributed by atoms with Gasteiger partial charge in [0, 0.05) is 23.9 Å². The fraction of sp³-hybridized carbons (Fsp3) is 0.125. The third-order valence-corrected chi connectivity index (χ3v) is 3.31. The first-order valence-corrected chi connectivity index (χ1v) is 7.41. The predicted molar refractivity (Wildman–Crippen MR) is 90.6 cm³/mol. The predicted octanol–water partition coefficient (Wildman–Crippen LogP) is 2.15. The third-order valence-electron chi connectivity index (χ3n) is 3.31. The molecule has 0 saturated heterocycles. The molecule has 0 atom stereocenters. The number of nitrogens with zero attached hydrogens (tertiary/aromatic N) is 2. The number of hydrogen-bond donors (Lipinski definition) is 4. The molecule has 2 rings (SSSR count). The molecule has 0 spiro atoms. The minimum atomic E-state index is -5.13. The zero-order valence-corrected chi connectivity index (χ0v) is 13.6. The maximum absolute atomic E-state index is 13.7. The van der Waals surface area contributed by atoms with Crippen LogP contribution in [0.1, 0.15) is 11.1 Å². The van der Waals surface area contributed by atoms with Crippen LogP contribution in [0.15, 0.2) is 47.8 Å². The van der Waals surface area contributed by atoms with Gasteiger partial charge < -0.3 is 11.1 Å². The molecule has 1 aromatic carbocycles. The van der Waals surface area contributed by atoms with E-state index in [9.17, 15) is 22.4 Å². The number of amidine groups is 1. The Kier molecular flexibility index (Phi) is 6.06. The number of hydrazone groups is 1. The van der Waals surface area contributed by atoms with Gasteiger partial charge in [0.2, 0.25) is 0 Å². The Labute approximate surface area is 150 Å². The Morgan fingerprint density at radius 1 is 1.26 bits per heavy atom. The Bertz CT molecular complexity index is 881. The molecule has 1 amide bonds. The molecule has 0 aliphatic carbocycles. The number of rotatable bonds is 6. The number of aromatic nitrogens is 1. The molecule has 0 aliphatic heterocycles. The Hall–Kier alpha value is -3.50. The summed E-state index contributed by atoms with van der Waals surface area (Å²) in [5.74, 6) is -3.39. The van der Waals surface area contributed by atoms with Crippen LogP contribution in [-0.4, -0.2) is 28.6 Å². The molecule has 0 bridgehead atoms. The van der Waals surface area contributed by atoms with E-state index in [4.69, 9.17) is 11.1 Å². The van der Waals surface area contributed by atoms with Crippen molar-refractivity contribution < 1.29 is 22.4 Å². The van der Waals surface area contributed by atoms with Crippen LogP contribution in [0.4, 0.5) is 23.2 Å². The molecule has 0 radical (unpaired) electrons. The highest BCUT2D eigenvalue weighted by Crippen LogP contribution is 2.17. The lowest BCUT2D eigenvalue weighted by Gasteiger charge is -2.13. The van der Waals surface area contributed by atoms with Crippen molar-refractivity contribution in [1.82, 2.24) is 10.4 Å². The normalized spacial score (nSPS) is 11.8. The molecule has 2 aromatic rings. The minimum Gasteiger partial charge on any atom is -0.380 e. The smallest absolute Gasteiger partial charge is 0.380 e. The van der Waals surface area contributed by atoms with Crippen molar-refractivity contribution in [3.8, 4) is 0 Å². The maximum atomic E-state index is 13.7. The summed E-state index contributed by atoms with van der Waals surface area (Å²) in [6, 6.07) is 7.42. The second-order valence-electron chi connectivity index (χ2n) is 5.18. The van der Waals surface area contributed by atoms with E-state index in [1.807, 2.05) is 0 Å². The number of alkyl halides is 3. The summed E-state index contributed by atoms with van der Waals surface area (Å²) in [5, 5.41) is 13.9. The van der Waals surface area contributed by atoms with Crippen molar-refractivity contribution in [2.45, 2.75) is 12.7 Å². The summed E-state index contributed by atoms with van der Waals surface area (Å²) >= 11 is 0. The summed E-state index contributed by atoms with van der Waals surface area (Å²) in [5.41, 5.74) is 7.06. The van der Waals surface area contributed by atoms with Gasteiger partial charge in [0.1, 0.15) is 11.5 Å². The molecule has 27 heavy (non-hydrogen) atoms. The van der Waals surface area contributed by atoms with Gasteiger partial charge in [-0.05, 0) is 12.1 Å². The molecule has 0 fully saturated rings. The Morgan fingerprint density at radius 3 is 2.63 bits per heavy atom. The maximum Gasteiger partial charge on any atom is 0.473 e. The fourth-order valence-electron chi connectivity index (χ4n) is 1.95. The van der Waals surface area contributed by atoms with Gasteiger partial charge in [-0.1, -0.05) is 18.2 Å². The summed E-state index contributed by atoms with van der Waals surface area (Å²) in [6.45, 7) is 0.0699. The third kappa shape index (κ3) is 5.23. The van der Waals surface area contributed by atoms with E-state index in [0.717, 1.165) is 0 Å². The lowest BCUT2D eigenvalue weighted by Crippen LogP contribution is -2.36. The quantitative estimate of drug-likeness (QED) is 0.265. The standard InChI is InChI=1S/C16H14F4N6O/c17-11-4-2-1-3-9(11)7-24-12-8-23-6-5-10(12)13(21)14(22)25-26-15(27)16(18,19)20/h1-6,8,21,24H,7H2,(H2,22,25)(H,26,27). The number of carbonyl (C=O) groups excluding carboxylic acids is 1. The van der Waals surface area contributed by atoms with Crippen LogP contribution < -0.4 is 16.5 Å². The fourth-order valence-corrected chi connectivity index (χ4v) is 1.95. The van der Waals surface area contributed by atoms with Crippen LogP contribution in [0.3, 0.4) is 0 Å². The van der Waals surface area contributed by atoms with Gasteiger partial charge in [0.15, 0.2) is 5.84 Å². The number of carbonyl (C=O) groups is 1. The van der Waals surface area contributed by atoms with Crippen molar-refractivity contribution >= 4 is 23.1 Å². The van der Waals surface area contributed by atoms with Gasteiger partial charge in [-0.2, -0.15) is 18.3 Å². The first-order valence-electron chi connectivity index (χ1n) is 7.41. The zero-order valence-electron chi connectivity index (χ0n) is 13.6. The summed E-state index contributed by atoms with van der Waals surface area (Å²) in [6.07, 6.45) is -2.46. The lowest BCUT2D eigenvalue weighted by atomic mass is 10.1. The van der Waals surface area contributed by atoms with E-state index >= 15 is 0 Å². The second-order valence-corrected chi connectivity index (χ2v) is 5.18. The number of benzene rings is 1. The molecule has 0 aliphatic rings. The monoisotopic (exact) mass is 382 g/mol. The summed E-state index contributed by atoms with van der Waals surface area (Å²) < 4.78 is 50.2. The second kappa shape index (κ2) is 8.25. The average Bonchev–Trinajstić information content (AvgIpc) is 2.64. The number of pyridine rings is 1. The van der Waals surface area contributed by atoms with Crippen molar-refractivity contribution in [1.29, 1.82) is 5.41 Å². The van der Waals surface area contributed by atoms with Crippen molar-refractivity contribution in [2.24, 2.45) is 10.8 Å². The lowest BCUT2D eigenvalue weighted by molar-refractivity contribution is -0.173. The topological polar surface area (TPSA) is 116 Å². The van der Waals surface area contributed by atoms with Gasteiger partial charge in [0.05, 0.1) is 11.9 Å². The highest BCUT2D eigenvalue weighted by Gasteiger charge is 2.38. The van der Waals surface area contributed by atoms with E-state index in [2.05, 4.69) is 15.4 Å². The molecule has 5 N–H and O–H groups in total. The molecule has 1 heterocycles. The van der Waals surface area contributed by atoms with E-state index in [1.54, 1.807) is 12.1 Å². The van der Waals surface area contributed by atoms with Crippen LogP contribution in [0.25, 0.3) is 0 Å². The molecule has 142 valence electrons. The van der Waals surface area contributed by atoms with Crippen LogP contribution in [0, 0.1) is 11.2 Å². The molecule has 1 aromatic heterocycles. The number of amides is 1. The number of nitrogens with one attached hydrogen (secondary N) is 3. The summed E-state index contributed by atoms with van der Waals surface area (Å²) in [7, 11) is 0. The van der Waals surface area contributed by atoms with Gasteiger partial charge in [0.25, 0.3) is 0 Å². The highest BCUT2D eigenvalue weighted by molar-refractivity contribution is 6.46. The van der Waals surface area contributed by atoms with E-state index in [-0.39, 0.29) is 17.8 Å². The van der Waals surface area contributed by atoms with Crippen LogP contribution >= 0.6 is 0 Å². The largest absolute Gasteiger partial charge is 0.473 e. The first-order chi connectivity index (χ1) is 12.7. The Morgan fingerprint density at radius 2 is 1.96 bits per heavy atom. The van der Waals surface area contributed by atoms with Gasteiger partial charge in [-0.3, -0.25) is 15.2 Å². The van der Waals surface area contributed by atoms with Gasteiger partial charge in [-0.25, -0.2) is 9.82 Å². The van der Waals surface area contributed by atoms with E-state index in [0.29, 0.717) is 5.56 Å². The molecular formula is C16H14F4N6O. The molecule has 0 unspecified atom stereocenters. The number of nitrogens with two attached hydrogens (primary N) is 1. The highest BCUT2D eigenvalue weighted by atomic mass is 19.4. The molecule has 11 heteroatoms. The van der Waals surface area contributed by atoms with E-state index < -0.39 is 29.4 Å². The van der Waals surface area contributed by atoms with Crippen LogP contribution in [0.2, 0.25) is 0 Å². The van der Waals surface area contributed by atoms with Crippen molar-refractivity contribution in [3.05, 3.63) is 59.7 Å². The van der Waals surface area contributed by atoms with Gasteiger partial charge in [-0.15, -0.1) is 0 Å². The summed E-state index contributed by atoms with van der Waals surface area (Å²) in [4.78, 5) is 14.6. The number of halogens is 4. The van der Waals surface area contributed by atoms with Crippen LogP contribution in [0.5, 0.6) is 0 Å². The van der Waals surface area contributed by atoms with Crippen LogP contribution in [-0.2, 0) is 11.3 Å². The minimum absolute atomic E-state index is 0.0699. The Balaban J connectivity index is 2.15. The SMILES string of the molecule is N=C(/C(N)=N/NC(=O)C(F)(F)F)c1ccncc1NCc1ccccc1F. The number of anilines is 1. The number of hydrogen-bond acceptors (Lipinski definition) is 5. The van der Waals surface area contributed by atoms with Crippen molar-refractivity contribution in [3.63, 3.8) is 0 Å². The van der Waals surface area contributed by atoms with Crippen molar-refractivity contribution in [2.75, 3.05) is 5.32 Å². The molecule has 7 nitrogen and oxygen atoms in total. The average molecular weight is 382 g/mol. The first kappa shape index (κ1) is 19.8. The zero-order chi connectivity index (χ0) is 20.0. The van der Waals surface area contributed by atoms with Gasteiger partial charge >= 0.3 is 12.1 Å². The molecular weight excluding hydrogens is 368 g/mol. The van der Waals surface area contributed by atoms with E-state index in [1.165, 1.54) is 36.0 Å². The molecule has 0 saturated carbocycles.